The van der Waals surface area contributed by atoms with Gasteiger partial charge in [0, 0.05) is 18.2 Å². The summed E-state index contributed by atoms with van der Waals surface area (Å²) >= 11 is 0. The third-order valence-corrected chi connectivity index (χ3v) is 2.66. The molecule has 2 N–H and O–H groups in total. The number of rotatable bonds is 3. The van der Waals surface area contributed by atoms with Crippen LogP contribution < -0.4 is 10.6 Å². The fourth-order valence-electron chi connectivity index (χ4n) is 1.62. The van der Waals surface area contributed by atoms with Crippen LogP contribution in [0.15, 0.2) is 36.4 Å². The summed E-state index contributed by atoms with van der Waals surface area (Å²) in [4.78, 5) is 11.5. The third-order valence-electron chi connectivity index (χ3n) is 2.66. The Kier molecular flexibility index (Phi) is 4.42. The third kappa shape index (κ3) is 3.71. The van der Waals surface area contributed by atoms with Crippen molar-refractivity contribution in [2.45, 2.75) is 6.54 Å². The quantitative estimate of drug-likeness (QED) is 0.836. The van der Waals surface area contributed by atoms with Gasteiger partial charge in [-0.2, -0.15) is 0 Å². The highest BCUT2D eigenvalue weighted by Crippen LogP contribution is 2.17. The standard InChI is InChI=1S/C14H10F4N2O/c15-9-5-4-8(12(18)6-9)7-19-14(21)20-13-10(16)2-1-3-11(13)17/h1-6H,7H2,(H2,19,20,21). The van der Waals surface area contributed by atoms with Crippen molar-refractivity contribution >= 4 is 11.7 Å². The maximum absolute atomic E-state index is 13.3. The monoisotopic (exact) mass is 298 g/mol. The van der Waals surface area contributed by atoms with Crippen molar-refractivity contribution in [2.24, 2.45) is 0 Å². The second-order valence-electron chi connectivity index (χ2n) is 4.14. The first-order chi connectivity index (χ1) is 9.97. The number of hydrogen-bond donors (Lipinski definition) is 2. The van der Waals surface area contributed by atoms with E-state index in [-0.39, 0.29) is 12.1 Å². The number of nitrogens with one attached hydrogen (secondary N) is 2. The van der Waals surface area contributed by atoms with Gasteiger partial charge in [-0.05, 0) is 18.2 Å². The van der Waals surface area contributed by atoms with E-state index in [0.717, 1.165) is 30.3 Å². The van der Waals surface area contributed by atoms with Crippen LogP contribution in [0, 0.1) is 23.3 Å². The molecule has 0 aliphatic carbocycles. The zero-order chi connectivity index (χ0) is 15.4. The van der Waals surface area contributed by atoms with Crippen molar-refractivity contribution in [1.82, 2.24) is 5.32 Å². The van der Waals surface area contributed by atoms with E-state index in [0.29, 0.717) is 6.07 Å². The molecule has 21 heavy (non-hydrogen) atoms. The molecule has 0 spiro atoms. The lowest BCUT2D eigenvalue weighted by Crippen LogP contribution is -2.29. The topological polar surface area (TPSA) is 41.1 Å². The number of hydrogen-bond acceptors (Lipinski definition) is 1. The first-order valence-electron chi connectivity index (χ1n) is 5.90. The number of halogens is 4. The van der Waals surface area contributed by atoms with E-state index in [1.807, 2.05) is 5.32 Å². The Labute approximate surface area is 117 Å². The van der Waals surface area contributed by atoms with E-state index in [1.165, 1.54) is 0 Å². The molecule has 0 atom stereocenters. The van der Waals surface area contributed by atoms with Gasteiger partial charge in [0.15, 0.2) is 0 Å². The molecule has 2 amide bonds. The van der Waals surface area contributed by atoms with Crippen molar-refractivity contribution in [2.75, 3.05) is 5.32 Å². The van der Waals surface area contributed by atoms with E-state index in [1.54, 1.807) is 0 Å². The van der Waals surface area contributed by atoms with Gasteiger partial charge in [0.2, 0.25) is 0 Å². The molecule has 7 heteroatoms. The van der Waals surface area contributed by atoms with Crippen LogP contribution in [0.4, 0.5) is 28.0 Å². The number of carbonyl (C=O) groups excluding carboxylic acids is 1. The Morgan fingerprint density at radius 1 is 0.952 bits per heavy atom. The Morgan fingerprint density at radius 3 is 2.24 bits per heavy atom. The molecule has 0 saturated heterocycles. The van der Waals surface area contributed by atoms with Crippen LogP contribution in [-0.4, -0.2) is 6.03 Å². The lowest BCUT2D eigenvalue weighted by atomic mass is 10.2. The first-order valence-corrected chi connectivity index (χ1v) is 5.90. The molecule has 3 nitrogen and oxygen atoms in total. The normalized spacial score (nSPS) is 10.3. The van der Waals surface area contributed by atoms with Gasteiger partial charge in [-0.25, -0.2) is 22.4 Å². The summed E-state index contributed by atoms with van der Waals surface area (Å²) < 4.78 is 52.6. The van der Waals surface area contributed by atoms with Crippen LogP contribution in [0.1, 0.15) is 5.56 Å². The minimum Gasteiger partial charge on any atom is -0.334 e. The van der Waals surface area contributed by atoms with Crippen LogP contribution in [-0.2, 0) is 6.54 Å². The number of anilines is 1. The molecule has 0 aliphatic heterocycles. The molecule has 2 rings (SSSR count). The van der Waals surface area contributed by atoms with Crippen LogP contribution in [0.25, 0.3) is 0 Å². The first kappa shape index (κ1) is 14.8. The molecule has 0 bridgehead atoms. The molecule has 0 radical (unpaired) electrons. The van der Waals surface area contributed by atoms with E-state index in [9.17, 15) is 22.4 Å². The number of carbonyl (C=O) groups is 1. The molecular formula is C14H10F4N2O. The minimum atomic E-state index is -0.932. The van der Waals surface area contributed by atoms with Gasteiger partial charge in [0.1, 0.15) is 29.0 Å². The number of benzene rings is 2. The lowest BCUT2D eigenvalue weighted by molar-refractivity contribution is 0.251. The van der Waals surface area contributed by atoms with E-state index in [4.69, 9.17) is 0 Å². The highest BCUT2D eigenvalue weighted by molar-refractivity contribution is 5.89. The fraction of sp³-hybridized carbons (Fsp3) is 0.0714. The molecule has 0 aliphatic rings. The van der Waals surface area contributed by atoms with E-state index < -0.39 is 35.0 Å². The average molecular weight is 298 g/mol. The Balaban J connectivity index is 1.99. The molecule has 0 heterocycles. The summed E-state index contributed by atoms with van der Waals surface area (Å²) in [7, 11) is 0. The molecule has 2 aromatic carbocycles. The van der Waals surface area contributed by atoms with Crippen LogP contribution in [0.2, 0.25) is 0 Å². The zero-order valence-corrected chi connectivity index (χ0v) is 10.6. The van der Waals surface area contributed by atoms with Crippen molar-refractivity contribution in [1.29, 1.82) is 0 Å². The number of amides is 2. The van der Waals surface area contributed by atoms with Crippen molar-refractivity contribution in [3.8, 4) is 0 Å². The van der Waals surface area contributed by atoms with Crippen LogP contribution in [0.5, 0.6) is 0 Å². The molecule has 0 aromatic heterocycles. The smallest absolute Gasteiger partial charge is 0.319 e. The largest absolute Gasteiger partial charge is 0.334 e. The summed E-state index contributed by atoms with van der Waals surface area (Å²) in [6.45, 7) is -0.256. The second-order valence-corrected chi connectivity index (χ2v) is 4.14. The highest BCUT2D eigenvalue weighted by atomic mass is 19.1. The predicted molar refractivity (Wildman–Crippen MR) is 68.6 cm³/mol. The second kappa shape index (κ2) is 6.25. The number of urea groups is 1. The van der Waals surface area contributed by atoms with Crippen molar-refractivity contribution in [3.63, 3.8) is 0 Å². The molecule has 110 valence electrons. The molecular weight excluding hydrogens is 288 g/mol. The molecule has 0 unspecified atom stereocenters. The fourth-order valence-corrected chi connectivity index (χ4v) is 1.62. The molecule has 0 fully saturated rings. The summed E-state index contributed by atoms with van der Waals surface area (Å²) in [6.07, 6.45) is 0. The zero-order valence-electron chi connectivity index (χ0n) is 10.6. The Morgan fingerprint density at radius 2 is 1.62 bits per heavy atom. The Bertz CT molecular complexity index is 656. The summed E-state index contributed by atoms with van der Waals surface area (Å²) in [5, 5.41) is 4.20. The molecule has 2 aromatic rings. The lowest BCUT2D eigenvalue weighted by Gasteiger charge is -2.09. The highest BCUT2D eigenvalue weighted by Gasteiger charge is 2.12. The van der Waals surface area contributed by atoms with Gasteiger partial charge in [0.05, 0.1) is 0 Å². The number of para-hydroxylation sites is 1. The maximum atomic E-state index is 13.3. The van der Waals surface area contributed by atoms with Gasteiger partial charge >= 0.3 is 6.03 Å². The predicted octanol–water partition coefficient (Wildman–Crippen LogP) is 3.56. The SMILES string of the molecule is O=C(NCc1ccc(F)cc1F)Nc1c(F)cccc1F. The van der Waals surface area contributed by atoms with Gasteiger partial charge in [-0.3, -0.25) is 0 Å². The van der Waals surface area contributed by atoms with Gasteiger partial charge < -0.3 is 10.6 Å². The van der Waals surface area contributed by atoms with Crippen LogP contribution >= 0.6 is 0 Å². The van der Waals surface area contributed by atoms with Crippen LogP contribution in [0.3, 0.4) is 0 Å². The molecule has 0 saturated carbocycles. The van der Waals surface area contributed by atoms with Crippen molar-refractivity contribution in [3.05, 3.63) is 65.2 Å². The average Bonchev–Trinajstić information content (AvgIpc) is 2.42. The maximum Gasteiger partial charge on any atom is 0.319 e. The van der Waals surface area contributed by atoms with Gasteiger partial charge in [-0.1, -0.05) is 12.1 Å². The minimum absolute atomic E-state index is 0.0422. The van der Waals surface area contributed by atoms with Gasteiger partial charge in [-0.15, -0.1) is 0 Å². The van der Waals surface area contributed by atoms with Crippen molar-refractivity contribution < 1.29 is 22.4 Å². The summed E-state index contributed by atoms with van der Waals surface area (Å²) in [6, 6.07) is 5.08. The summed E-state index contributed by atoms with van der Waals surface area (Å²) in [5.74, 6) is -3.43. The van der Waals surface area contributed by atoms with E-state index in [2.05, 4.69) is 5.32 Å². The van der Waals surface area contributed by atoms with Gasteiger partial charge in [0.25, 0.3) is 0 Å². The van der Waals surface area contributed by atoms with E-state index >= 15 is 0 Å². The summed E-state index contributed by atoms with van der Waals surface area (Å²) in [5.41, 5.74) is -0.560. The Hall–Kier alpha value is -2.57.